The van der Waals surface area contributed by atoms with Gasteiger partial charge < -0.3 is 89.3 Å². The number of rotatable bonds is 20. The second-order valence-corrected chi connectivity index (χ2v) is 8.71. The maximum absolute atomic E-state index is 9.15. The second kappa shape index (κ2) is 41.3. The van der Waals surface area contributed by atoms with E-state index in [9.17, 15) is 0 Å². The molecule has 11 N–H and O–H groups in total. The van der Waals surface area contributed by atoms with Crippen molar-refractivity contribution in [3.05, 3.63) is 0 Å². The summed E-state index contributed by atoms with van der Waals surface area (Å²) in [5.41, 5.74) is 0. The summed E-state index contributed by atoms with van der Waals surface area (Å²) < 4.78 is 33.7. The molecule has 0 radical (unpaired) electrons. The molecule has 2 aliphatic heterocycles. The van der Waals surface area contributed by atoms with Crippen LogP contribution in [0.25, 0.3) is 0 Å². The van der Waals surface area contributed by atoms with Crippen molar-refractivity contribution in [1.82, 2.24) is 0 Å². The first-order chi connectivity index (χ1) is 21.5. The van der Waals surface area contributed by atoms with E-state index in [0.717, 1.165) is 0 Å². The molecule has 45 heavy (non-hydrogen) atoms. The van der Waals surface area contributed by atoms with Crippen LogP contribution in [0, 0.1) is 0 Å². The zero-order valence-electron chi connectivity index (χ0n) is 27.1. The number of ether oxygens (including phenoxy) is 7. The molecular weight excluding hydrogens is 612 g/mol. The van der Waals surface area contributed by atoms with E-state index in [1.807, 2.05) is 20.8 Å². The summed E-state index contributed by atoms with van der Waals surface area (Å²) in [4.78, 5) is 0. The van der Waals surface area contributed by atoms with Crippen molar-refractivity contribution in [2.24, 2.45) is 0 Å². The predicted molar refractivity (Wildman–Crippen MR) is 159 cm³/mol. The first kappa shape index (κ1) is 51.1. The van der Waals surface area contributed by atoms with Gasteiger partial charge in [-0.1, -0.05) is 0 Å². The van der Waals surface area contributed by atoms with Gasteiger partial charge >= 0.3 is 0 Å². The Labute approximate surface area is 266 Å². The highest BCUT2D eigenvalue weighted by Crippen LogP contribution is 2.01. The third-order valence-corrected chi connectivity index (χ3v) is 4.15. The maximum Gasteiger partial charge on any atom is 0.178 e. The minimum atomic E-state index is -0.933. The van der Waals surface area contributed by atoms with Gasteiger partial charge in [-0.3, -0.25) is 0 Å². The van der Waals surface area contributed by atoms with E-state index < -0.39 is 43.1 Å². The summed E-state index contributed by atoms with van der Waals surface area (Å²) in [5.74, 6) is 0. The van der Waals surface area contributed by atoms with Crippen molar-refractivity contribution >= 4 is 0 Å². The van der Waals surface area contributed by atoms with Gasteiger partial charge in [0, 0.05) is 26.4 Å². The van der Waals surface area contributed by atoms with Gasteiger partial charge in [0.1, 0.15) is 43.7 Å². The summed E-state index contributed by atoms with van der Waals surface area (Å²) in [6.07, 6.45) is -4.50. The zero-order valence-corrected chi connectivity index (χ0v) is 27.1. The number of aliphatic hydroxyl groups is 11. The van der Waals surface area contributed by atoms with Crippen LogP contribution >= 0.6 is 0 Å². The molecule has 0 aromatic heterocycles. The van der Waals surface area contributed by atoms with Crippen LogP contribution in [0.4, 0.5) is 0 Å². The monoisotopic (exact) mass is 674 g/mol. The average molecular weight is 675 g/mol. The van der Waals surface area contributed by atoms with Crippen molar-refractivity contribution in [3.8, 4) is 0 Å². The van der Waals surface area contributed by atoms with E-state index in [-0.39, 0.29) is 66.1 Å². The van der Waals surface area contributed by atoms with Crippen LogP contribution in [0.5, 0.6) is 0 Å². The van der Waals surface area contributed by atoms with Gasteiger partial charge in [0.15, 0.2) is 12.6 Å². The van der Waals surface area contributed by atoms with E-state index in [1.54, 1.807) is 6.92 Å². The fourth-order valence-electron chi connectivity index (χ4n) is 1.78. The average Bonchev–Trinajstić information content (AvgIpc) is 4.00. The Morgan fingerprint density at radius 1 is 0.511 bits per heavy atom. The van der Waals surface area contributed by atoms with Gasteiger partial charge in [-0.05, 0) is 27.7 Å². The largest absolute Gasteiger partial charge is 0.397 e. The second-order valence-electron chi connectivity index (χ2n) is 8.71. The van der Waals surface area contributed by atoms with Crippen molar-refractivity contribution in [2.75, 3.05) is 106 Å². The molecule has 0 saturated carbocycles. The Morgan fingerprint density at radius 3 is 1.02 bits per heavy atom. The van der Waals surface area contributed by atoms with Crippen LogP contribution in [0.3, 0.4) is 0 Å². The third kappa shape index (κ3) is 56.0. The van der Waals surface area contributed by atoms with E-state index in [4.69, 9.17) is 79.9 Å². The SMILES string of the molecule is CCO.CCOCC(COCC(O)CO)OCC(O)CO.CCOCC(O)CO.CCOCC(O)CO.OC1CO1.OC1CO1. The molecule has 278 valence electrons. The topological polar surface area (TPSA) is 294 Å². The van der Waals surface area contributed by atoms with Crippen molar-refractivity contribution in [2.45, 2.75) is 70.8 Å². The van der Waals surface area contributed by atoms with Crippen LogP contribution < -0.4 is 0 Å². The summed E-state index contributed by atoms with van der Waals surface area (Å²) in [6, 6.07) is 0. The lowest BCUT2D eigenvalue weighted by atomic mass is 10.3. The molecular formula is C27H62O18. The van der Waals surface area contributed by atoms with E-state index >= 15 is 0 Å². The van der Waals surface area contributed by atoms with Crippen molar-refractivity contribution < 1.29 is 89.3 Å². The Balaban J connectivity index is -0.000000256. The summed E-state index contributed by atoms with van der Waals surface area (Å²) in [5, 5.41) is 92.6. The molecule has 2 fully saturated rings. The number of aliphatic hydroxyl groups excluding tert-OH is 11. The smallest absolute Gasteiger partial charge is 0.178 e. The first-order valence-corrected chi connectivity index (χ1v) is 14.7. The highest BCUT2D eigenvalue weighted by Gasteiger charge is 2.17. The van der Waals surface area contributed by atoms with Crippen LogP contribution in [0.1, 0.15) is 27.7 Å². The summed E-state index contributed by atoms with van der Waals surface area (Å²) in [7, 11) is 0. The van der Waals surface area contributed by atoms with Gasteiger partial charge in [-0.15, -0.1) is 0 Å². The number of hydrogen-bond donors (Lipinski definition) is 11. The standard InChI is InChI=1S/C11H24O7.2C5H12O3.2C2H4O2.C2H6O/c1-2-16-7-11(18-6-10(15)4-13)8-17-5-9(14)3-12;2*1-2-8-4-5(7)3-6;2*3-2-1-4-2;1-2-3/h9-15H,2-8H2,1H3;2*5-7H,2-4H2,1H3;2*2-3H,1H2;3H,2H2,1H3. The number of epoxide rings is 2. The van der Waals surface area contributed by atoms with Crippen LogP contribution in [0.2, 0.25) is 0 Å². The summed E-state index contributed by atoms with van der Waals surface area (Å²) >= 11 is 0. The molecule has 18 nitrogen and oxygen atoms in total. The Kier molecular flexibility index (Phi) is 46.9. The van der Waals surface area contributed by atoms with Crippen LogP contribution in [-0.2, 0) is 33.2 Å². The molecule has 2 saturated heterocycles. The van der Waals surface area contributed by atoms with Crippen LogP contribution in [-0.4, -0.2) is 205 Å². The molecule has 7 atom stereocenters. The fourth-order valence-corrected chi connectivity index (χ4v) is 1.78. The molecule has 2 rings (SSSR count). The molecule has 2 heterocycles. The Hall–Kier alpha value is -0.720. The molecule has 0 spiro atoms. The van der Waals surface area contributed by atoms with Gasteiger partial charge in [-0.25, -0.2) is 0 Å². The predicted octanol–water partition coefficient (Wildman–Crippen LogP) is -4.45. The Morgan fingerprint density at radius 2 is 0.756 bits per heavy atom. The molecule has 0 aromatic rings. The molecule has 0 aromatic carbocycles. The molecule has 0 aliphatic carbocycles. The minimum absolute atomic E-state index is 0.00500. The number of hydrogen-bond acceptors (Lipinski definition) is 18. The van der Waals surface area contributed by atoms with Crippen LogP contribution in [0.15, 0.2) is 0 Å². The lowest BCUT2D eigenvalue weighted by Gasteiger charge is -2.20. The normalized spacial score (nSPS) is 19.0. The van der Waals surface area contributed by atoms with Crippen molar-refractivity contribution in [1.29, 1.82) is 0 Å². The lowest BCUT2D eigenvalue weighted by Crippen LogP contribution is -2.32. The van der Waals surface area contributed by atoms with Crippen molar-refractivity contribution in [3.63, 3.8) is 0 Å². The van der Waals surface area contributed by atoms with E-state index in [1.165, 1.54) is 0 Å². The van der Waals surface area contributed by atoms with E-state index in [0.29, 0.717) is 39.6 Å². The minimum Gasteiger partial charge on any atom is -0.397 e. The first-order valence-electron chi connectivity index (χ1n) is 14.7. The highest BCUT2D eigenvalue weighted by molar-refractivity contribution is 4.60. The fraction of sp³-hybridized carbons (Fsp3) is 1.00. The lowest BCUT2D eigenvalue weighted by molar-refractivity contribution is -0.0964. The third-order valence-electron chi connectivity index (χ3n) is 4.15. The highest BCUT2D eigenvalue weighted by atomic mass is 16.7. The maximum atomic E-state index is 9.15. The zero-order chi connectivity index (χ0) is 35.3. The van der Waals surface area contributed by atoms with Gasteiger partial charge in [0.05, 0.1) is 66.1 Å². The molecule has 0 amide bonds. The Bertz CT molecular complexity index is 492. The summed E-state index contributed by atoms with van der Waals surface area (Å²) in [6.45, 7) is 9.97. The molecule has 18 heteroatoms. The van der Waals surface area contributed by atoms with E-state index in [2.05, 4.69) is 9.47 Å². The molecule has 0 bridgehead atoms. The van der Waals surface area contributed by atoms with Gasteiger partial charge in [0.25, 0.3) is 0 Å². The molecule has 7 unspecified atom stereocenters. The van der Waals surface area contributed by atoms with Gasteiger partial charge in [-0.2, -0.15) is 0 Å². The quantitative estimate of drug-likeness (QED) is 0.0543. The van der Waals surface area contributed by atoms with Gasteiger partial charge in [0.2, 0.25) is 0 Å². The molecule has 2 aliphatic rings.